The van der Waals surface area contributed by atoms with Crippen LogP contribution in [0.5, 0.6) is 5.75 Å². The van der Waals surface area contributed by atoms with Crippen molar-refractivity contribution in [2.24, 2.45) is 5.73 Å². The van der Waals surface area contributed by atoms with E-state index in [0.29, 0.717) is 16.7 Å². The summed E-state index contributed by atoms with van der Waals surface area (Å²) in [6, 6.07) is 2.60. The van der Waals surface area contributed by atoms with Crippen LogP contribution < -0.4 is 5.73 Å². The highest BCUT2D eigenvalue weighted by Gasteiger charge is 2.27. The standard InChI is InChI=1S/C12H16F3NO/c1-7-5-9(6-8(2)11(7)17)10(16)3-4-12(13,14)15/h5-6,10,17H,3-4,16H2,1-2H3/t10-/m1/s1. The van der Waals surface area contributed by atoms with Crippen molar-refractivity contribution in [2.45, 2.75) is 38.9 Å². The first kappa shape index (κ1) is 13.8. The largest absolute Gasteiger partial charge is 0.507 e. The lowest BCUT2D eigenvalue weighted by molar-refractivity contribution is -0.136. The fourth-order valence-electron chi connectivity index (χ4n) is 1.69. The summed E-state index contributed by atoms with van der Waals surface area (Å²) in [5, 5.41) is 9.55. The zero-order valence-electron chi connectivity index (χ0n) is 9.80. The Morgan fingerprint density at radius 3 is 2.12 bits per heavy atom. The Balaban J connectivity index is 2.79. The number of hydrogen-bond acceptors (Lipinski definition) is 2. The summed E-state index contributed by atoms with van der Waals surface area (Å²) in [5.74, 6) is 0.164. The third kappa shape index (κ3) is 3.93. The smallest absolute Gasteiger partial charge is 0.389 e. The Morgan fingerprint density at radius 1 is 1.24 bits per heavy atom. The number of nitrogens with two attached hydrogens (primary N) is 1. The van der Waals surface area contributed by atoms with Gasteiger partial charge in [0.2, 0.25) is 0 Å². The number of aromatic hydroxyl groups is 1. The average molecular weight is 247 g/mol. The van der Waals surface area contributed by atoms with Gasteiger partial charge in [0, 0.05) is 12.5 Å². The maximum atomic E-state index is 12.1. The number of phenolic OH excluding ortho intramolecular Hbond substituents is 1. The van der Waals surface area contributed by atoms with Crippen LogP contribution in [-0.4, -0.2) is 11.3 Å². The Morgan fingerprint density at radius 2 is 1.71 bits per heavy atom. The minimum atomic E-state index is -4.18. The molecule has 0 bridgehead atoms. The van der Waals surface area contributed by atoms with Gasteiger partial charge in [-0.1, -0.05) is 12.1 Å². The van der Waals surface area contributed by atoms with Crippen LogP contribution in [0.4, 0.5) is 13.2 Å². The van der Waals surface area contributed by atoms with Crippen molar-refractivity contribution in [2.75, 3.05) is 0 Å². The summed E-state index contributed by atoms with van der Waals surface area (Å²) in [4.78, 5) is 0. The van der Waals surface area contributed by atoms with Crippen LogP contribution in [0.2, 0.25) is 0 Å². The maximum Gasteiger partial charge on any atom is 0.389 e. The SMILES string of the molecule is Cc1cc([C@H](N)CCC(F)(F)F)cc(C)c1O. The van der Waals surface area contributed by atoms with E-state index >= 15 is 0 Å². The molecule has 0 aliphatic carbocycles. The number of phenols is 1. The average Bonchev–Trinajstić information content (AvgIpc) is 2.20. The lowest BCUT2D eigenvalue weighted by Crippen LogP contribution is -2.16. The molecule has 0 aliphatic heterocycles. The third-order valence-electron chi connectivity index (χ3n) is 2.68. The molecular formula is C12H16F3NO. The van der Waals surface area contributed by atoms with Gasteiger partial charge >= 0.3 is 6.18 Å². The van der Waals surface area contributed by atoms with E-state index in [-0.39, 0.29) is 12.2 Å². The van der Waals surface area contributed by atoms with E-state index in [1.165, 1.54) is 0 Å². The molecule has 0 saturated heterocycles. The van der Waals surface area contributed by atoms with Crippen molar-refractivity contribution in [3.8, 4) is 5.75 Å². The summed E-state index contributed by atoms with van der Waals surface area (Å²) in [7, 11) is 0. The van der Waals surface area contributed by atoms with E-state index in [4.69, 9.17) is 5.73 Å². The van der Waals surface area contributed by atoms with Crippen LogP contribution >= 0.6 is 0 Å². The molecule has 0 radical (unpaired) electrons. The molecule has 17 heavy (non-hydrogen) atoms. The molecule has 1 rings (SSSR count). The van der Waals surface area contributed by atoms with Crippen LogP contribution in [0.25, 0.3) is 0 Å². The van der Waals surface area contributed by atoms with Gasteiger partial charge in [-0.15, -0.1) is 0 Å². The van der Waals surface area contributed by atoms with Gasteiger partial charge < -0.3 is 10.8 Å². The molecular weight excluding hydrogens is 231 g/mol. The number of alkyl halides is 3. The Labute approximate surface area is 98.3 Å². The van der Waals surface area contributed by atoms with Crippen molar-refractivity contribution in [3.05, 3.63) is 28.8 Å². The highest BCUT2D eigenvalue weighted by Crippen LogP contribution is 2.30. The quantitative estimate of drug-likeness (QED) is 0.860. The number of aryl methyl sites for hydroxylation is 2. The fraction of sp³-hybridized carbons (Fsp3) is 0.500. The summed E-state index contributed by atoms with van der Waals surface area (Å²) >= 11 is 0. The van der Waals surface area contributed by atoms with E-state index in [1.807, 2.05) is 0 Å². The third-order valence-corrected chi connectivity index (χ3v) is 2.68. The first-order chi connectivity index (χ1) is 7.70. The van der Waals surface area contributed by atoms with Gasteiger partial charge in [-0.25, -0.2) is 0 Å². The number of benzene rings is 1. The normalized spacial score (nSPS) is 13.8. The van der Waals surface area contributed by atoms with Crippen LogP contribution in [0.3, 0.4) is 0 Å². The molecule has 1 atom stereocenters. The number of rotatable bonds is 3. The molecule has 1 aromatic carbocycles. The molecule has 0 saturated carbocycles. The monoisotopic (exact) mass is 247 g/mol. The molecule has 0 fully saturated rings. The van der Waals surface area contributed by atoms with Gasteiger partial charge in [0.25, 0.3) is 0 Å². The van der Waals surface area contributed by atoms with E-state index in [9.17, 15) is 18.3 Å². The van der Waals surface area contributed by atoms with Crippen LogP contribution in [-0.2, 0) is 0 Å². The topological polar surface area (TPSA) is 46.2 Å². The Bertz CT molecular complexity index is 378. The van der Waals surface area contributed by atoms with Crippen molar-refractivity contribution >= 4 is 0 Å². The lowest BCUT2D eigenvalue weighted by Gasteiger charge is -2.15. The van der Waals surface area contributed by atoms with E-state index < -0.39 is 18.6 Å². The second-order valence-electron chi connectivity index (χ2n) is 4.26. The van der Waals surface area contributed by atoms with Gasteiger partial charge in [0.05, 0.1) is 0 Å². The number of hydrogen-bond donors (Lipinski definition) is 2. The second kappa shape index (κ2) is 4.96. The summed E-state index contributed by atoms with van der Waals surface area (Å²) in [6.45, 7) is 3.39. The lowest BCUT2D eigenvalue weighted by atomic mass is 9.98. The minimum absolute atomic E-state index is 0.146. The highest BCUT2D eigenvalue weighted by molar-refractivity contribution is 5.43. The zero-order valence-corrected chi connectivity index (χ0v) is 9.80. The minimum Gasteiger partial charge on any atom is -0.507 e. The van der Waals surface area contributed by atoms with Gasteiger partial charge in [0.1, 0.15) is 5.75 Å². The summed E-state index contributed by atoms with van der Waals surface area (Å²) in [5.41, 5.74) is 7.59. The first-order valence-corrected chi connectivity index (χ1v) is 5.33. The van der Waals surface area contributed by atoms with Crippen molar-refractivity contribution in [1.29, 1.82) is 0 Å². The summed E-state index contributed by atoms with van der Waals surface area (Å²) in [6.07, 6.45) is -5.22. The molecule has 0 spiro atoms. The van der Waals surface area contributed by atoms with E-state index in [2.05, 4.69) is 0 Å². The molecule has 0 aliphatic rings. The molecule has 5 heteroatoms. The predicted octanol–water partition coefficient (Wildman–Crippen LogP) is 3.35. The van der Waals surface area contributed by atoms with Gasteiger partial charge in [-0.2, -0.15) is 13.2 Å². The van der Waals surface area contributed by atoms with Crippen molar-refractivity contribution in [3.63, 3.8) is 0 Å². The Kier molecular flexibility index (Phi) is 4.03. The Hall–Kier alpha value is -1.23. The molecule has 0 unspecified atom stereocenters. The molecule has 1 aromatic rings. The second-order valence-corrected chi connectivity index (χ2v) is 4.26. The van der Waals surface area contributed by atoms with Gasteiger partial charge in [0.15, 0.2) is 0 Å². The maximum absolute atomic E-state index is 12.1. The first-order valence-electron chi connectivity index (χ1n) is 5.33. The van der Waals surface area contributed by atoms with Crippen LogP contribution in [0, 0.1) is 13.8 Å². The van der Waals surface area contributed by atoms with E-state index in [1.54, 1.807) is 26.0 Å². The molecule has 3 N–H and O–H groups in total. The summed E-state index contributed by atoms with van der Waals surface area (Å²) < 4.78 is 36.2. The molecule has 0 amide bonds. The molecule has 96 valence electrons. The van der Waals surface area contributed by atoms with Gasteiger partial charge in [-0.05, 0) is 37.0 Å². The van der Waals surface area contributed by atoms with Crippen molar-refractivity contribution in [1.82, 2.24) is 0 Å². The zero-order chi connectivity index (χ0) is 13.2. The molecule has 0 aromatic heterocycles. The molecule has 2 nitrogen and oxygen atoms in total. The highest BCUT2D eigenvalue weighted by atomic mass is 19.4. The van der Waals surface area contributed by atoms with Crippen LogP contribution in [0.15, 0.2) is 12.1 Å². The van der Waals surface area contributed by atoms with Gasteiger partial charge in [-0.3, -0.25) is 0 Å². The van der Waals surface area contributed by atoms with E-state index in [0.717, 1.165) is 0 Å². The molecule has 0 heterocycles. The van der Waals surface area contributed by atoms with Crippen LogP contribution in [0.1, 0.15) is 35.6 Å². The predicted molar refractivity (Wildman–Crippen MR) is 59.8 cm³/mol. The number of halogens is 3. The fourth-order valence-corrected chi connectivity index (χ4v) is 1.69. The van der Waals surface area contributed by atoms with Crippen molar-refractivity contribution < 1.29 is 18.3 Å².